The van der Waals surface area contributed by atoms with Crippen molar-refractivity contribution in [3.63, 3.8) is 0 Å². The Labute approximate surface area is 96.6 Å². The average Bonchev–Trinajstić information content (AvgIpc) is 2.30. The van der Waals surface area contributed by atoms with Gasteiger partial charge in [0.2, 0.25) is 0 Å². The summed E-state index contributed by atoms with van der Waals surface area (Å²) in [5.41, 5.74) is 2.75. The lowest BCUT2D eigenvalue weighted by Crippen LogP contribution is -2.15. The molecule has 1 aromatic rings. The molecule has 1 aromatic carbocycles. The highest BCUT2D eigenvalue weighted by atomic mass is 16.5. The van der Waals surface area contributed by atoms with Gasteiger partial charge in [0.25, 0.3) is 0 Å². The van der Waals surface area contributed by atoms with Gasteiger partial charge in [0.15, 0.2) is 0 Å². The fourth-order valence-electron chi connectivity index (χ4n) is 2.49. The highest BCUT2D eigenvalue weighted by Crippen LogP contribution is 2.33. The van der Waals surface area contributed by atoms with Crippen LogP contribution in [0.5, 0.6) is 0 Å². The van der Waals surface area contributed by atoms with E-state index in [-0.39, 0.29) is 5.97 Å². The second kappa shape index (κ2) is 5.15. The number of rotatable bonds is 3. The molecule has 0 heterocycles. The summed E-state index contributed by atoms with van der Waals surface area (Å²) >= 11 is 0. The molecule has 0 aromatic heterocycles. The Morgan fingerprint density at radius 3 is 3.06 bits per heavy atom. The van der Waals surface area contributed by atoms with Crippen molar-refractivity contribution in [1.29, 1.82) is 0 Å². The molecule has 0 radical (unpaired) electrons. The van der Waals surface area contributed by atoms with Crippen LogP contribution in [0.15, 0.2) is 24.3 Å². The van der Waals surface area contributed by atoms with Gasteiger partial charge in [-0.25, -0.2) is 0 Å². The first-order valence-corrected chi connectivity index (χ1v) is 6.04. The van der Waals surface area contributed by atoms with Crippen LogP contribution in [0, 0.1) is 0 Å². The molecule has 2 rings (SSSR count). The van der Waals surface area contributed by atoms with E-state index in [9.17, 15) is 4.79 Å². The summed E-state index contributed by atoms with van der Waals surface area (Å²) in [7, 11) is 0. The summed E-state index contributed by atoms with van der Waals surface area (Å²) in [4.78, 5) is 11.5. The summed E-state index contributed by atoms with van der Waals surface area (Å²) in [6.45, 7) is 2.33. The van der Waals surface area contributed by atoms with Gasteiger partial charge >= 0.3 is 5.97 Å². The van der Waals surface area contributed by atoms with Crippen molar-refractivity contribution in [2.45, 2.75) is 38.5 Å². The second-order valence-corrected chi connectivity index (χ2v) is 4.30. The van der Waals surface area contributed by atoms with Crippen LogP contribution in [-0.2, 0) is 16.0 Å². The number of carbonyl (C=O) groups is 1. The summed E-state index contributed by atoms with van der Waals surface area (Å²) < 4.78 is 5.02. The lowest BCUT2D eigenvalue weighted by atomic mass is 9.81. The predicted octanol–water partition coefficient (Wildman–Crippen LogP) is 3.06. The summed E-state index contributed by atoms with van der Waals surface area (Å²) in [5.74, 6) is 0.299. The lowest BCUT2D eigenvalue weighted by Gasteiger charge is -2.24. The minimum Gasteiger partial charge on any atom is -0.466 e. The molecule has 2 nitrogen and oxygen atoms in total. The Kier molecular flexibility index (Phi) is 3.60. The number of aryl methyl sites for hydroxylation is 1. The highest BCUT2D eigenvalue weighted by molar-refractivity contribution is 5.70. The number of hydrogen-bond acceptors (Lipinski definition) is 2. The third-order valence-electron chi connectivity index (χ3n) is 3.21. The molecule has 2 heteroatoms. The Bertz CT molecular complexity index is 371. The minimum absolute atomic E-state index is 0.0656. The van der Waals surface area contributed by atoms with Crippen molar-refractivity contribution in [1.82, 2.24) is 0 Å². The van der Waals surface area contributed by atoms with Crippen LogP contribution in [0.2, 0.25) is 0 Å². The third kappa shape index (κ3) is 2.43. The molecule has 1 aliphatic rings. The Balaban J connectivity index is 2.10. The van der Waals surface area contributed by atoms with Crippen molar-refractivity contribution in [2.75, 3.05) is 6.61 Å². The van der Waals surface area contributed by atoms with E-state index in [0.717, 1.165) is 12.8 Å². The van der Waals surface area contributed by atoms with Crippen molar-refractivity contribution in [3.8, 4) is 0 Å². The molecule has 0 bridgehead atoms. The van der Waals surface area contributed by atoms with Crippen LogP contribution in [0.3, 0.4) is 0 Å². The van der Waals surface area contributed by atoms with Crippen LogP contribution in [-0.4, -0.2) is 12.6 Å². The Morgan fingerprint density at radius 2 is 2.25 bits per heavy atom. The summed E-state index contributed by atoms with van der Waals surface area (Å²) in [6.07, 6.45) is 3.97. The second-order valence-electron chi connectivity index (χ2n) is 4.30. The van der Waals surface area contributed by atoms with Crippen molar-refractivity contribution < 1.29 is 9.53 Å². The fraction of sp³-hybridized carbons (Fsp3) is 0.500. The van der Waals surface area contributed by atoms with E-state index in [1.54, 1.807) is 0 Å². The van der Waals surface area contributed by atoms with Crippen molar-refractivity contribution in [2.24, 2.45) is 0 Å². The normalized spacial score (nSPS) is 18.9. The highest BCUT2D eigenvalue weighted by Gasteiger charge is 2.22. The number of benzene rings is 1. The third-order valence-corrected chi connectivity index (χ3v) is 3.21. The minimum atomic E-state index is -0.0656. The Morgan fingerprint density at radius 1 is 1.44 bits per heavy atom. The lowest BCUT2D eigenvalue weighted by molar-refractivity contribution is -0.143. The first kappa shape index (κ1) is 11.2. The molecule has 0 saturated heterocycles. The van der Waals surface area contributed by atoms with Gasteiger partial charge in [-0.3, -0.25) is 4.79 Å². The monoisotopic (exact) mass is 218 g/mol. The number of esters is 1. The van der Waals surface area contributed by atoms with Gasteiger partial charge < -0.3 is 4.74 Å². The number of carbonyl (C=O) groups excluding carboxylic acids is 1. The average molecular weight is 218 g/mol. The zero-order valence-corrected chi connectivity index (χ0v) is 9.74. The maximum atomic E-state index is 11.5. The van der Waals surface area contributed by atoms with Crippen LogP contribution in [0.25, 0.3) is 0 Å². The van der Waals surface area contributed by atoms with E-state index in [1.807, 2.05) is 6.92 Å². The molecule has 0 aliphatic heterocycles. The van der Waals surface area contributed by atoms with Gasteiger partial charge in [-0.2, -0.15) is 0 Å². The van der Waals surface area contributed by atoms with Crippen molar-refractivity contribution in [3.05, 3.63) is 35.4 Å². The topological polar surface area (TPSA) is 26.3 Å². The largest absolute Gasteiger partial charge is 0.466 e. The van der Waals surface area contributed by atoms with Crippen LogP contribution < -0.4 is 0 Å². The van der Waals surface area contributed by atoms with E-state index in [4.69, 9.17) is 4.74 Å². The smallest absolute Gasteiger partial charge is 0.306 e. The number of fused-ring (bicyclic) bond motifs is 1. The molecule has 1 atom stereocenters. The fourth-order valence-corrected chi connectivity index (χ4v) is 2.49. The standard InChI is InChI=1S/C14H18O2/c1-2-16-14(15)10-12-8-5-7-11-6-3-4-9-13(11)12/h3-4,6,9,12H,2,5,7-8,10H2,1H3. The van der Waals surface area contributed by atoms with Gasteiger partial charge in [-0.05, 0) is 43.2 Å². The van der Waals surface area contributed by atoms with E-state index in [1.165, 1.54) is 17.5 Å². The molecule has 0 amide bonds. The number of ether oxygens (including phenoxy) is 1. The Hall–Kier alpha value is -1.31. The molecule has 16 heavy (non-hydrogen) atoms. The van der Waals surface area contributed by atoms with Gasteiger partial charge in [-0.1, -0.05) is 24.3 Å². The van der Waals surface area contributed by atoms with Crippen LogP contribution in [0.1, 0.15) is 43.2 Å². The van der Waals surface area contributed by atoms with Crippen molar-refractivity contribution >= 4 is 5.97 Å². The molecular formula is C14H18O2. The quantitative estimate of drug-likeness (QED) is 0.729. The first-order chi connectivity index (χ1) is 7.81. The molecule has 1 unspecified atom stereocenters. The zero-order valence-electron chi connectivity index (χ0n) is 9.74. The summed E-state index contributed by atoms with van der Waals surface area (Å²) in [6, 6.07) is 8.46. The maximum Gasteiger partial charge on any atom is 0.306 e. The van der Waals surface area contributed by atoms with E-state index in [2.05, 4.69) is 24.3 Å². The predicted molar refractivity (Wildman–Crippen MR) is 63.4 cm³/mol. The summed E-state index contributed by atoms with van der Waals surface area (Å²) in [5, 5.41) is 0. The maximum absolute atomic E-state index is 11.5. The van der Waals surface area contributed by atoms with E-state index < -0.39 is 0 Å². The molecular weight excluding hydrogens is 200 g/mol. The first-order valence-electron chi connectivity index (χ1n) is 6.04. The molecule has 0 fully saturated rings. The van der Waals surface area contributed by atoms with Gasteiger partial charge in [0, 0.05) is 0 Å². The van der Waals surface area contributed by atoms with Gasteiger partial charge in [0.1, 0.15) is 0 Å². The molecule has 1 aliphatic carbocycles. The van der Waals surface area contributed by atoms with Crippen LogP contribution >= 0.6 is 0 Å². The molecule has 0 spiro atoms. The molecule has 0 saturated carbocycles. The number of hydrogen-bond donors (Lipinski definition) is 0. The van der Waals surface area contributed by atoms with E-state index >= 15 is 0 Å². The van der Waals surface area contributed by atoms with Crippen LogP contribution in [0.4, 0.5) is 0 Å². The molecule has 86 valence electrons. The molecule has 0 N–H and O–H groups in total. The van der Waals surface area contributed by atoms with Gasteiger partial charge in [0.05, 0.1) is 13.0 Å². The zero-order chi connectivity index (χ0) is 11.4. The SMILES string of the molecule is CCOC(=O)CC1CCCc2ccccc21. The van der Waals surface area contributed by atoms with E-state index in [0.29, 0.717) is 18.9 Å². The van der Waals surface area contributed by atoms with Gasteiger partial charge in [-0.15, -0.1) is 0 Å².